The summed E-state index contributed by atoms with van der Waals surface area (Å²) in [5.41, 5.74) is 1.62. The number of rotatable bonds is 6. The van der Waals surface area contributed by atoms with E-state index in [9.17, 15) is 13.2 Å². The lowest BCUT2D eigenvalue weighted by Crippen LogP contribution is -2.37. The monoisotopic (exact) mass is 332 g/mol. The van der Waals surface area contributed by atoms with Crippen LogP contribution in [0.25, 0.3) is 0 Å². The highest BCUT2D eigenvalue weighted by Gasteiger charge is 2.25. The second-order valence-corrected chi connectivity index (χ2v) is 7.10. The highest BCUT2D eigenvalue weighted by atomic mass is 32.2. The number of aryl methyl sites for hydroxylation is 1. The first-order chi connectivity index (χ1) is 10.9. The van der Waals surface area contributed by atoms with Gasteiger partial charge in [-0.05, 0) is 31.2 Å². The largest absolute Gasteiger partial charge is 0.325 e. The molecule has 23 heavy (non-hydrogen) atoms. The standard InChI is InChI=1S/C17H20N2O3S/c1-3-19(13-17(20)18-15-7-5-4-6-8-15)23(21,22)16-11-9-14(2)10-12-16/h4-12H,3,13H2,1-2H3,(H,18,20). The molecule has 5 nitrogen and oxygen atoms in total. The smallest absolute Gasteiger partial charge is 0.243 e. The number of carbonyl (C=O) groups excluding carboxylic acids is 1. The van der Waals surface area contributed by atoms with Crippen LogP contribution >= 0.6 is 0 Å². The van der Waals surface area contributed by atoms with Gasteiger partial charge < -0.3 is 5.32 Å². The van der Waals surface area contributed by atoms with Gasteiger partial charge in [-0.1, -0.05) is 42.8 Å². The predicted octanol–water partition coefficient (Wildman–Crippen LogP) is 2.64. The van der Waals surface area contributed by atoms with Crippen molar-refractivity contribution in [2.45, 2.75) is 18.7 Å². The van der Waals surface area contributed by atoms with Crippen LogP contribution in [0.4, 0.5) is 5.69 Å². The first-order valence-corrected chi connectivity index (χ1v) is 8.79. The molecule has 0 saturated heterocycles. The van der Waals surface area contributed by atoms with Crippen molar-refractivity contribution in [2.24, 2.45) is 0 Å². The summed E-state index contributed by atoms with van der Waals surface area (Å²) in [6.45, 7) is 3.60. The molecular formula is C17H20N2O3S. The molecule has 0 aliphatic rings. The zero-order chi connectivity index (χ0) is 16.9. The van der Waals surface area contributed by atoms with Crippen LogP contribution in [-0.4, -0.2) is 31.7 Å². The summed E-state index contributed by atoms with van der Waals surface area (Å²) in [4.78, 5) is 12.3. The molecule has 2 aromatic rings. The van der Waals surface area contributed by atoms with E-state index in [1.54, 1.807) is 55.5 Å². The molecule has 0 atom stereocenters. The van der Waals surface area contributed by atoms with Crippen molar-refractivity contribution < 1.29 is 13.2 Å². The molecule has 6 heteroatoms. The summed E-state index contributed by atoms with van der Waals surface area (Å²) >= 11 is 0. The van der Waals surface area contributed by atoms with E-state index in [2.05, 4.69) is 5.32 Å². The Labute approximate surface area is 137 Å². The number of para-hydroxylation sites is 1. The van der Waals surface area contributed by atoms with E-state index in [1.807, 2.05) is 13.0 Å². The number of amides is 1. The fraction of sp³-hybridized carbons (Fsp3) is 0.235. The maximum atomic E-state index is 12.6. The van der Waals surface area contributed by atoms with Crippen LogP contribution in [0.3, 0.4) is 0 Å². The lowest BCUT2D eigenvalue weighted by molar-refractivity contribution is -0.116. The average molecular weight is 332 g/mol. The molecule has 122 valence electrons. The fourth-order valence-corrected chi connectivity index (χ4v) is 3.51. The molecular weight excluding hydrogens is 312 g/mol. The summed E-state index contributed by atoms with van der Waals surface area (Å²) in [5.74, 6) is -0.367. The fourth-order valence-electron chi connectivity index (χ4n) is 2.11. The topological polar surface area (TPSA) is 66.5 Å². The van der Waals surface area contributed by atoms with Gasteiger partial charge in [0.15, 0.2) is 0 Å². The van der Waals surface area contributed by atoms with Crippen molar-refractivity contribution in [2.75, 3.05) is 18.4 Å². The zero-order valence-electron chi connectivity index (χ0n) is 13.2. The Hall–Kier alpha value is -2.18. The SMILES string of the molecule is CCN(CC(=O)Nc1ccccc1)S(=O)(=O)c1ccc(C)cc1. The van der Waals surface area contributed by atoms with Crippen molar-refractivity contribution in [3.8, 4) is 0 Å². The summed E-state index contributed by atoms with van der Waals surface area (Å²) in [6.07, 6.45) is 0. The number of nitrogens with zero attached hydrogens (tertiary/aromatic N) is 1. The molecule has 0 saturated carbocycles. The molecule has 1 N–H and O–H groups in total. The van der Waals surface area contributed by atoms with Gasteiger partial charge in [0.25, 0.3) is 0 Å². The lowest BCUT2D eigenvalue weighted by Gasteiger charge is -2.20. The van der Waals surface area contributed by atoms with E-state index in [0.717, 1.165) is 9.87 Å². The van der Waals surface area contributed by atoms with Gasteiger partial charge in [-0.15, -0.1) is 0 Å². The number of benzene rings is 2. The van der Waals surface area contributed by atoms with Gasteiger partial charge >= 0.3 is 0 Å². The van der Waals surface area contributed by atoms with Crippen molar-refractivity contribution in [1.29, 1.82) is 0 Å². The number of likely N-dealkylation sites (N-methyl/N-ethyl adjacent to an activating group) is 1. The van der Waals surface area contributed by atoms with Gasteiger partial charge in [0.2, 0.25) is 15.9 Å². The third-order valence-electron chi connectivity index (χ3n) is 3.39. The Kier molecular flexibility index (Phi) is 5.52. The number of hydrogen-bond donors (Lipinski definition) is 1. The molecule has 0 heterocycles. The second kappa shape index (κ2) is 7.39. The van der Waals surface area contributed by atoms with Crippen molar-refractivity contribution >= 4 is 21.6 Å². The van der Waals surface area contributed by atoms with Gasteiger partial charge in [0, 0.05) is 12.2 Å². The Morgan fingerprint density at radius 1 is 1.04 bits per heavy atom. The Bertz CT molecular complexity index is 756. The van der Waals surface area contributed by atoms with Gasteiger partial charge in [0.1, 0.15) is 0 Å². The van der Waals surface area contributed by atoms with Crippen LogP contribution < -0.4 is 5.32 Å². The molecule has 0 aliphatic heterocycles. The lowest BCUT2D eigenvalue weighted by atomic mass is 10.2. The number of hydrogen-bond acceptors (Lipinski definition) is 3. The summed E-state index contributed by atoms with van der Waals surface area (Å²) in [7, 11) is -3.68. The molecule has 0 unspecified atom stereocenters. The molecule has 0 radical (unpaired) electrons. The molecule has 0 aliphatic carbocycles. The van der Waals surface area contributed by atoms with Gasteiger partial charge in [-0.3, -0.25) is 4.79 Å². The van der Waals surface area contributed by atoms with Gasteiger partial charge in [0.05, 0.1) is 11.4 Å². The minimum Gasteiger partial charge on any atom is -0.325 e. The van der Waals surface area contributed by atoms with Crippen LogP contribution in [0, 0.1) is 6.92 Å². The van der Waals surface area contributed by atoms with E-state index in [-0.39, 0.29) is 23.9 Å². The number of carbonyl (C=O) groups is 1. The van der Waals surface area contributed by atoms with E-state index in [0.29, 0.717) is 5.69 Å². The first kappa shape index (κ1) is 17.2. The van der Waals surface area contributed by atoms with E-state index in [1.165, 1.54) is 0 Å². The van der Waals surface area contributed by atoms with Crippen molar-refractivity contribution in [3.63, 3.8) is 0 Å². The second-order valence-electron chi connectivity index (χ2n) is 5.16. The van der Waals surface area contributed by atoms with Crippen LogP contribution in [0.15, 0.2) is 59.5 Å². The minimum atomic E-state index is -3.68. The molecule has 0 aromatic heterocycles. The number of nitrogens with one attached hydrogen (secondary N) is 1. The van der Waals surface area contributed by atoms with Crippen LogP contribution in [0.5, 0.6) is 0 Å². The minimum absolute atomic E-state index is 0.192. The molecule has 0 fully saturated rings. The quantitative estimate of drug-likeness (QED) is 0.884. The molecule has 2 rings (SSSR count). The van der Waals surface area contributed by atoms with E-state index >= 15 is 0 Å². The summed E-state index contributed by atoms with van der Waals surface area (Å²) < 4.78 is 26.4. The molecule has 2 aromatic carbocycles. The zero-order valence-corrected chi connectivity index (χ0v) is 14.0. The average Bonchev–Trinajstić information content (AvgIpc) is 2.53. The van der Waals surface area contributed by atoms with Crippen molar-refractivity contribution in [3.05, 3.63) is 60.2 Å². The van der Waals surface area contributed by atoms with Crippen LogP contribution in [-0.2, 0) is 14.8 Å². The Morgan fingerprint density at radius 3 is 2.22 bits per heavy atom. The number of anilines is 1. The summed E-state index contributed by atoms with van der Waals surface area (Å²) in [5, 5.41) is 2.69. The van der Waals surface area contributed by atoms with Gasteiger partial charge in [-0.25, -0.2) is 8.42 Å². The maximum Gasteiger partial charge on any atom is 0.243 e. The highest BCUT2D eigenvalue weighted by Crippen LogP contribution is 2.16. The first-order valence-electron chi connectivity index (χ1n) is 7.35. The molecule has 0 spiro atoms. The van der Waals surface area contributed by atoms with E-state index < -0.39 is 10.0 Å². The van der Waals surface area contributed by atoms with Gasteiger partial charge in [-0.2, -0.15) is 4.31 Å². The van der Waals surface area contributed by atoms with E-state index in [4.69, 9.17) is 0 Å². The normalized spacial score (nSPS) is 11.4. The third kappa shape index (κ3) is 4.40. The van der Waals surface area contributed by atoms with Crippen LogP contribution in [0.2, 0.25) is 0 Å². The molecule has 1 amide bonds. The Balaban J connectivity index is 2.12. The highest BCUT2D eigenvalue weighted by molar-refractivity contribution is 7.89. The van der Waals surface area contributed by atoms with Crippen LogP contribution in [0.1, 0.15) is 12.5 Å². The summed E-state index contributed by atoms with van der Waals surface area (Å²) in [6, 6.07) is 15.5. The third-order valence-corrected chi connectivity index (χ3v) is 5.32. The number of sulfonamides is 1. The predicted molar refractivity (Wildman–Crippen MR) is 90.7 cm³/mol. The Morgan fingerprint density at radius 2 is 1.65 bits per heavy atom. The maximum absolute atomic E-state index is 12.6. The molecule has 0 bridgehead atoms. The van der Waals surface area contributed by atoms with Crippen molar-refractivity contribution in [1.82, 2.24) is 4.31 Å².